The van der Waals surface area contributed by atoms with Gasteiger partial charge in [-0.1, -0.05) is 12.1 Å². The van der Waals surface area contributed by atoms with E-state index in [1.54, 1.807) is 9.13 Å². The maximum absolute atomic E-state index is 12.1. The average molecular weight is 259 g/mol. The lowest BCUT2D eigenvalue weighted by atomic mass is 10.3. The number of fused-ring (bicyclic) bond motifs is 1. The maximum Gasteiger partial charge on any atom is 0.329 e. The molecular weight excluding hydrogens is 247 g/mol. The van der Waals surface area contributed by atoms with Crippen LogP contribution in [-0.2, 0) is 13.1 Å². The van der Waals surface area contributed by atoms with Gasteiger partial charge in [0.1, 0.15) is 0 Å². The molecule has 86 valence electrons. The molecule has 1 aromatic heterocycles. The van der Waals surface area contributed by atoms with Crippen LogP contribution in [0.1, 0.15) is 0 Å². The lowest BCUT2D eigenvalue weighted by Gasteiger charge is -1.97. The zero-order chi connectivity index (χ0) is 11.5. The second-order valence-corrected chi connectivity index (χ2v) is 4.21. The number of hydrogen-bond donors (Lipinski definition) is 0. The van der Waals surface area contributed by atoms with Gasteiger partial charge in [-0.2, -0.15) is 0 Å². The number of hydrogen-bond acceptors (Lipinski definition) is 1. The van der Waals surface area contributed by atoms with Crippen molar-refractivity contribution in [1.29, 1.82) is 0 Å². The average Bonchev–Trinajstić information content (AvgIpc) is 2.56. The van der Waals surface area contributed by atoms with E-state index in [0.29, 0.717) is 24.8 Å². The Balaban J connectivity index is 2.70. The lowest BCUT2D eigenvalue weighted by Crippen LogP contribution is -2.25. The van der Waals surface area contributed by atoms with Gasteiger partial charge in [0.05, 0.1) is 11.0 Å². The normalized spacial score (nSPS) is 11.1. The molecule has 0 saturated heterocycles. The number of aryl methyl sites for hydroxylation is 2. The molecule has 0 N–H and O–H groups in total. The second-order valence-electron chi connectivity index (χ2n) is 3.45. The summed E-state index contributed by atoms with van der Waals surface area (Å²) in [5, 5.41) is 0. The molecule has 16 heavy (non-hydrogen) atoms. The van der Waals surface area contributed by atoms with Crippen LogP contribution >= 0.6 is 23.2 Å². The van der Waals surface area contributed by atoms with Gasteiger partial charge >= 0.3 is 5.69 Å². The summed E-state index contributed by atoms with van der Waals surface area (Å²) < 4.78 is 3.38. The molecule has 0 bridgehead atoms. The summed E-state index contributed by atoms with van der Waals surface area (Å²) in [6.45, 7) is 1.05. The van der Waals surface area contributed by atoms with Gasteiger partial charge in [0, 0.05) is 24.8 Å². The van der Waals surface area contributed by atoms with Crippen molar-refractivity contribution in [2.24, 2.45) is 0 Å². The summed E-state index contributed by atoms with van der Waals surface area (Å²) >= 11 is 11.4. The predicted molar refractivity (Wildman–Crippen MR) is 67.6 cm³/mol. The molecule has 0 saturated carbocycles. The van der Waals surface area contributed by atoms with Gasteiger partial charge in [0.15, 0.2) is 0 Å². The van der Waals surface area contributed by atoms with Crippen LogP contribution in [0.25, 0.3) is 11.0 Å². The van der Waals surface area contributed by atoms with E-state index in [1.165, 1.54) is 0 Å². The SMILES string of the molecule is O=c1n(CCCl)c2ccccc2n1CCCl. The fourth-order valence-corrected chi connectivity index (χ4v) is 2.21. The minimum Gasteiger partial charge on any atom is -0.291 e. The number of aromatic nitrogens is 2. The summed E-state index contributed by atoms with van der Waals surface area (Å²) in [5.74, 6) is 0.851. The standard InChI is InChI=1S/C11H12Cl2N2O/c12-5-7-14-9-3-1-2-4-10(9)15(8-6-13)11(14)16/h1-4H,5-8H2. The first-order valence-corrected chi connectivity index (χ1v) is 6.16. The molecule has 5 heteroatoms. The predicted octanol–water partition coefficient (Wildman–Crippen LogP) is 2.28. The largest absolute Gasteiger partial charge is 0.329 e. The quantitative estimate of drug-likeness (QED) is 0.774. The van der Waals surface area contributed by atoms with Crippen LogP contribution in [0.15, 0.2) is 29.1 Å². The summed E-state index contributed by atoms with van der Waals surface area (Å²) in [4.78, 5) is 12.1. The minimum atomic E-state index is -0.0394. The summed E-state index contributed by atoms with van der Waals surface area (Å²) in [6, 6.07) is 7.68. The number of nitrogens with zero attached hydrogens (tertiary/aromatic N) is 2. The fourth-order valence-electron chi connectivity index (χ4n) is 1.87. The molecular formula is C11H12Cl2N2O. The molecule has 0 unspecified atom stereocenters. The molecule has 0 fully saturated rings. The number of rotatable bonds is 4. The topological polar surface area (TPSA) is 26.9 Å². The fraction of sp³-hybridized carbons (Fsp3) is 0.364. The Bertz CT molecular complexity index is 498. The zero-order valence-corrected chi connectivity index (χ0v) is 10.2. The number of halogens is 2. The van der Waals surface area contributed by atoms with Crippen molar-refractivity contribution >= 4 is 34.2 Å². The second kappa shape index (κ2) is 4.93. The Morgan fingerprint density at radius 2 is 1.38 bits per heavy atom. The van der Waals surface area contributed by atoms with Gasteiger partial charge in [-0.05, 0) is 12.1 Å². The first-order chi connectivity index (χ1) is 7.79. The smallest absolute Gasteiger partial charge is 0.291 e. The van der Waals surface area contributed by atoms with E-state index in [2.05, 4.69) is 0 Å². The number of para-hydroxylation sites is 2. The van der Waals surface area contributed by atoms with Gasteiger partial charge in [-0.3, -0.25) is 9.13 Å². The Labute approximate surface area is 103 Å². The van der Waals surface area contributed by atoms with Crippen LogP contribution in [0.2, 0.25) is 0 Å². The van der Waals surface area contributed by atoms with Crippen molar-refractivity contribution in [1.82, 2.24) is 9.13 Å². The van der Waals surface area contributed by atoms with Crippen LogP contribution in [0.4, 0.5) is 0 Å². The third-order valence-corrected chi connectivity index (χ3v) is 2.88. The van der Waals surface area contributed by atoms with Crippen molar-refractivity contribution in [3.05, 3.63) is 34.7 Å². The summed E-state index contributed by atoms with van der Waals surface area (Å²) in [6.07, 6.45) is 0. The summed E-state index contributed by atoms with van der Waals surface area (Å²) in [5.41, 5.74) is 1.79. The molecule has 0 aliphatic heterocycles. The molecule has 0 aliphatic rings. The van der Waals surface area contributed by atoms with E-state index in [1.807, 2.05) is 24.3 Å². The van der Waals surface area contributed by atoms with E-state index in [-0.39, 0.29) is 5.69 Å². The molecule has 0 spiro atoms. The lowest BCUT2D eigenvalue weighted by molar-refractivity contribution is 0.675. The van der Waals surface area contributed by atoms with Crippen molar-refractivity contribution < 1.29 is 0 Å². The zero-order valence-electron chi connectivity index (χ0n) is 8.70. The Hall–Kier alpha value is -0.930. The molecule has 2 aromatic rings. The van der Waals surface area contributed by atoms with Crippen LogP contribution in [0.5, 0.6) is 0 Å². The van der Waals surface area contributed by atoms with Crippen molar-refractivity contribution in [2.75, 3.05) is 11.8 Å². The highest BCUT2D eigenvalue weighted by atomic mass is 35.5. The van der Waals surface area contributed by atoms with Gasteiger partial charge in [0.25, 0.3) is 0 Å². The maximum atomic E-state index is 12.1. The third kappa shape index (κ3) is 1.85. The molecule has 1 heterocycles. The molecule has 0 radical (unpaired) electrons. The van der Waals surface area contributed by atoms with Gasteiger partial charge in [-0.25, -0.2) is 4.79 Å². The molecule has 1 aromatic carbocycles. The highest BCUT2D eigenvalue weighted by Crippen LogP contribution is 2.12. The molecule has 0 aliphatic carbocycles. The highest BCUT2D eigenvalue weighted by Gasteiger charge is 2.11. The Kier molecular flexibility index (Phi) is 3.56. The van der Waals surface area contributed by atoms with Crippen LogP contribution in [0, 0.1) is 0 Å². The Morgan fingerprint density at radius 3 is 1.75 bits per heavy atom. The monoisotopic (exact) mass is 258 g/mol. The molecule has 0 amide bonds. The molecule has 2 rings (SSSR count). The minimum absolute atomic E-state index is 0.0394. The van der Waals surface area contributed by atoms with Crippen molar-refractivity contribution in [2.45, 2.75) is 13.1 Å². The molecule has 0 atom stereocenters. The first-order valence-electron chi connectivity index (χ1n) is 5.09. The number of imidazole rings is 1. The van der Waals surface area contributed by atoms with Crippen LogP contribution in [0.3, 0.4) is 0 Å². The Morgan fingerprint density at radius 1 is 0.938 bits per heavy atom. The van der Waals surface area contributed by atoms with E-state index >= 15 is 0 Å². The van der Waals surface area contributed by atoms with Crippen LogP contribution < -0.4 is 5.69 Å². The van der Waals surface area contributed by atoms with Crippen molar-refractivity contribution in [3.63, 3.8) is 0 Å². The van der Waals surface area contributed by atoms with E-state index in [4.69, 9.17) is 23.2 Å². The first kappa shape index (κ1) is 11.6. The van der Waals surface area contributed by atoms with Crippen LogP contribution in [-0.4, -0.2) is 20.9 Å². The highest BCUT2D eigenvalue weighted by molar-refractivity contribution is 6.18. The van der Waals surface area contributed by atoms with Gasteiger partial charge < -0.3 is 0 Å². The van der Waals surface area contributed by atoms with Crippen molar-refractivity contribution in [3.8, 4) is 0 Å². The number of benzene rings is 1. The van der Waals surface area contributed by atoms with E-state index in [9.17, 15) is 4.79 Å². The molecule has 3 nitrogen and oxygen atoms in total. The number of alkyl halides is 2. The van der Waals surface area contributed by atoms with Gasteiger partial charge in [0.2, 0.25) is 0 Å². The van der Waals surface area contributed by atoms with E-state index < -0.39 is 0 Å². The third-order valence-electron chi connectivity index (χ3n) is 2.54. The van der Waals surface area contributed by atoms with E-state index in [0.717, 1.165) is 11.0 Å². The summed E-state index contributed by atoms with van der Waals surface area (Å²) in [7, 11) is 0. The van der Waals surface area contributed by atoms with Gasteiger partial charge in [-0.15, -0.1) is 23.2 Å².